The fourth-order valence-corrected chi connectivity index (χ4v) is 5.38. The van der Waals surface area contributed by atoms with Gasteiger partial charge in [-0.3, -0.25) is 0 Å². The molecule has 0 spiro atoms. The van der Waals surface area contributed by atoms with Crippen molar-refractivity contribution in [2.75, 3.05) is 38.7 Å². The van der Waals surface area contributed by atoms with Gasteiger partial charge in [-0.25, -0.2) is 14.3 Å². The summed E-state index contributed by atoms with van der Waals surface area (Å²) in [7, 11) is 1.69. The number of nitrogens with zero attached hydrogens (tertiary/aromatic N) is 4. The lowest BCUT2D eigenvalue weighted by atomic mass is 10.1. The molecular formula is C27H29N5O3S. The topological polar surface area (TPSA) is 92.5 Å². The van der Waals surface area contributed by atoms with E-state index in [1.54, 1.807) is 25.3 Å². The van der Waals surface area contributed by atoms with Gasteiger partial charge in [-0.2, -0.15) is 5.26 Å². The van der Waals surface area contributed by atoms with Crippen LogP contribution in [-0.4, -0.2) is 53.8 Å². The van der Waals surface area contributed by atoms with E-state index in [2.05, 4.69) is 31.7 Å². The van der Waals surface area contributed by atoms with Crippen LogP contribution in [0.3, 0.4) is 0 Å². The van der Waals surface area contributed by atoms with E-state index in [9.17, 15) is 5.26 Å². The first kappa shape index (κ1) is 24.4. The summed E-state index contributed by atoms with van der Waals surface area (Å²) in [5, 5.41) is 13.0. The number of nitriles is 1. The molecule has 0 saturated carbocycles. The zero-order valence-electron chi connectivity index (χ0n) is 20.3. The lowest BCUT2D eigenvalue weighted by Crippen LogP contribution is -2.26. The zero-order chi connectivity index (χ0) is 24.7. The molecule has 1 aromatic heterocycles. The molecule has 0 bridgehead atoms. The first-order valence-electron chi connectivity index (χ1n) is 12.2. The highest BCUT2D eigenvalue weighted by Crippen LogP contribution is 2.36. The van der Waals surface area contributed by atoms with Crippen molar-refractivity contribution in [3.05, 3.63) is 54.2 Å². The third-order valence-corrected chi connectivity index (χ3v) is 7.38. The van der Waals surface area contributed by atoms with Gasteiger partial charge in [0.2, 0.25) is 5.95 Å². The average Bonchev–Trinajstić information content (AvgIpc) is 3.44. The summed E-state index contributed by atoms with van der Waals surface area (Å²) in [6.07, 6.45) is 5.92. The number of ether oxygens (including phenoxy) is 3. The SMILES string of the molecule is COc1cc(Nc2nccc(-c3ccc(OC4CCOCC4)c(C#N)c3)n2)ccc1SN1CCCC1. The van der Waals surface area contributed by atoms with Crippen LogP contribution >= 0.6 is 11.9 Å². The summed E-state index contributed by atoms with van der Waals surface area (Å²) in [5.41, 5.74) is 2.87. The van der Waals surface area contributed by atoms with Crippen molar-refractivity contribution in [3.8, 4) is 28.8 Å². The Labute approximate surface area is 215 Å². The highest BCUT2D eigenvalue weighted by Gasteiger charge is 2.18. The molecule has 2 fully saturated rings. The lowest BCUT2D eigenvalue weighted by molar-refractivity contribution is 0.0254. The van der Waals surface area contributed by atoms with Gasteiger partial charge in [-0.1, -0.05) is 0 Å². The van der Waals surface area contributed by atoms with E-state index >= 15 is 0 Å². The van der Waals surface area contributed by atoms with Gasteiger partial charge in [0.15, 0.2) is 0 Å². The van der Waals surface area contributed by atoms with Crippen LogP contribution < -0.4 is 14.8 Å². The Kier molecular flexibility index (Phi) is 7.86. The Hall–Kier alpha value is -3.32. The highest BCUT2D eigenvalue weighted by atomic mass is 32.2. The maximum absolute atomic E-state index is 9.71. The molecule has 186 valence electrons. The van der Waals surface area contributed by atoms with Crippen LogP contribution in [-0.2, 0) is 4.74 Å². The van der Waals surface area contributed by atoms with E-state index in [-0.39, 0.29) is 6.10 Å². The Bertz CT molecular complexity index is 1240. The Morgan fingerprint density at radius 2 is 1.92 bits per heavy atom. The molecule has 8 nitrogen and oxygen atoms in total. The van der Waals surface area contributed by atoms with Crippen molar-refractivity contribution in [3.63, 3.8) is 0 Å². The molecule has 0 radical (unpaired) electrons. The maximum atomic E-state index is 9.71. The highest BCUT2D eigenvalue weighted by molar-refractivity contribution is 7.97. The molecule has 2 saturated heterocycles. The molecule has 3 aromatic rings. The summed E-state index contributed by atoms with van der Waals surface area (Å²) in [6, 6.07) is 15.7. The number of anilines is 2. The van der Waals surface area contributed by atoms with Crippen LogP contribution in [0.25, 0.3) is 11.3 Å². The molecule has 0 unspecified atom stereocenters. The van der Waals surface area contributed by atoms with Gasteiger partial charge in [0.05, 0.1) is 36.5 Å². The van der Waals surface area contributed by atoms with E-state index in [1.165, 1.54) is 12.8 Å². The van der Waals surface area contributed by atoms with Gasteiger partial charge in [-0.15, -0.1) is 0 Å². The molecule has 2 aliphatic rings. The van der Waals surface area contributed by atoms with Gasteiger partial charge >= 0.3 is 0 Å². The van der Waals surface area contributed by atoms with Crippen LogP contribution in [0, 0.1) is 11.3 Å². The van der Waals surface area contributed by atoms with E-state index < -0.39 is 0 Å². The predicted molar refractivity (Wildman–Crippen MR) is 140 cm³/mol. The van der Waals surface area contributed by atoms with E-state index in [4.69, 9.17) is 14.2 Å². The number of benzene rings is 2. The molecule has 1 N–H and O–H groups in total. The fourth-order valence-electron chi connectivity index (χ4n) is 4.30. The largest absolute Gasteiger partial charge is 0.495 e. The summed E-state index contributed by atoms with van der Waals surface area (Å²) >= 11 is 1.74. The van der Waals surface area contributed by atoms with Crippen molar-refractivity contribution in [2.45, 2.75) is 36.7 Å². The second-order valence-electron chi connectivity index (χ2n) is 8.74. The monoisotopic (exact) mass is 503 g/mol. The number of aromatic nitrogens is 2. The molecule has 9 heteroatoms. The molecule has 2 aliphatic heterocycles. The van der Waals surface area contributed by atoms with E-state index in [0.717, 1.165) is 53.5 Å². The van der Waals surface area contributed by atoms with Crippen molar-refractivity contribution in [2.24, 2.45) is 0 Å². The van der Waals surface area contributed by atoms with Gasteiger partial charge in [0.1, 0.15) is 23.7 Å². The molecule has 3 heterocycles. The zero-order valence-corrected chi connectivity index (χ0v) is 21.1. The normalized spacial score (nSPS) is 16.4. The number of hydrogen-bond donors (Lipinski definition) is 1. The molecule has 5 rings (SSSR count). The lowest BCUT2D eigenvalue weighted by Gasteiger charge is -2.23. The molecule has 2 aromatic carbocycles. The molecule has 0 aliphatic carbocycles. The molecule has 0 amide bonds. The quantitative estimate of drug-likeness (QED) is 0.404. The Morgan fingerprint density at radius 1 is 1.08 bits per heavy atom. The molecular weight excluding hydrogens is 474 g/mol. The van der Waals surface area contributed by atoms with Crippen molar-refractivity contribution in [1.82, 2.24) is 14.3 Å². The van der Waals surface area contributed by atoms with Crippen molar-refractivity contribution < 1.29 is 14.2 Å². The number of methoxy groups -OCH3 is 1. The van der Waals surface area contributed by atoms with Crippen LogP contribution in [0.15, 0.2) is 53.6 Å². The van der Waals surface area contributed by atoms with Crippen LogP contribution in [0.5, 0.6) is 11.5 Å². The third-order valence-electron chi connectivity index (χ3n) is 6.23. The second kappa shape index (κ2) is 11.6. The van der Waals surface area contributed by atoms with Crippen LogP contribution in [0.1, 0.15) is 31.2 Å². The Morgan fingerprint density at radius 3 is 2.69 bits per heavy atom. The number of rotatable bonds is 8. The van der Waals surface area contributed by atoms with Gasteiger partial charge in [-0.05, 0) is 61.2 Å². The van der Waals surface area contributed by atoms with Crippen LogP contribution in [0.2, 0.25) is 0 Å². The second-order valence-corrected chi connectivity index (χ2v) is 9.87. The van der Waals surface area contributed by atoms with Gasteiger partial charge < -0.3 is 19.5 Å². The summed E-state index contributed by atoms with van der Waals surface area (Å²) in [6.45, 7) is 3.58. The van der Waals surface area contributed by atoms with Gasteiger partial charge in [0, 0.05) is 49.4 Å². The number of nitrogens with one attached hydrogen (secondary N) is 1. The van der Waals surface area contributed by atoms with E-state index in [1.807, 2.05) is 36.4 Å². The summed E-state index contributed by atoms with van der Waals surface area (Å²) in [4.78, 5) is 10.1. The minimum Gasteiger partial charge on any atom is -0.495 e. The summed E-state index contributed by atoms with van der Waals surface area (Å²) in [5.74, 6) is 1.88. The molecule has 0 atom stereocenters. The van der Waals surface area contributed by atoms with Gasteiger partial charge in [0.25, 0.3) is 0 Å². The van der Waals surface area contributed by atoms with E-state index in [0.29, 0.717) is 30.5 Å². The third kappa shape index (κ3) is 5.90. The van der Waals surface area contributed by atoms with Crippen molar-refractivity contribution >= 4 is 23.6 Å². The molecule has 36 heavy (non-hydrogen) atoms. The minimum atomic E-state index is 0.0729. The Balaban J connectivity index is 1.31. The summed E-state index contributed by atoms with van der Waals surface area (Å²) < 4.78 is 19.5. The predicted octanol–water partition coefficient (Wildman–Crippen LogP) is 5.43. The van der Waals surface area contributed by atoms with Crippen LogP contribution in [0.4, 0.5) is 11.6 Å². The minimum absolute atomic E-state index is 0.0729. The smallest absolute Gasteiger partial charge is 0.227 e. The van der Waals surface area contributed by atoms with Crippen molar-refractivity contribution in [1.29, 1.82) is 5.26 Å². The first-order chi connectivity index (χ1) is 17.7. The fraction of sp³-hybridized carbons (Fsp3) is 0.370. The first-order valence-corrected chi connectivity index (χ1v) is 13.0. The maximum Gasteiger partial charge on any atom is 0.227 e. The standard InChI is InChI=1S/C27H29N5O3S/c1-33-25-17-21(5-7-26(25)36-32-12-2-3-13-32)30-27-29-11-8-23(31-27)19-4-6-24(20(16-19)18-28)35-22-9-14-34-15-10-22/h4-8,11,16-17,22H,2-3,9-10,12-15H2,1H3,(H,29,30,31). The average molecular weight is 504 g/mol. The number of hydrogen-bond acceptors (Lipinski definition) is 9.